The average Bonchev–Trinajstić information content (AvgIpc) is 3.72. The first-order valence-electron chi connectivity index (χ1n) is 15.9. The molecule has 2 atom stereocenters. The Balaban J connectivity index is 1.20. The molecule has 2 aliphatic rings. The van der Waals surface area contributed by atoms with Gasteiger partial charge in [0.25, 0.3) is 0 Å². The standard InChI is InChI=1S/C35H37Cl2N7O4/c1-47-28-14-20(6-7-21(28)15-38-17-23-9-12-29(45)42-23)33-32(37)34(41-19-40-33)26-5-3-4-25(31(26)36)27-11-8-22(35(44-27)48-2)16-39-18-24-10-13-30(46)43-24/h3-8,11,14,19,23-24,38-39H,9-10,12-13,15-18H2,1-2H3,(H,42,45)(H,43,46)/t23-,24-/m1/s1. The van der Waals surface area contributed by atoms with Crippen molar-refractivity contribution in [2.45, 2.75) is 50.9 Å². The van der Waals surface area contributed by atoms with E-state index >= 15 is 0 Å². The van der Waals surface area contributed by atoms with Crippen LogP contribution in [0.1, 0.15) is 36.8 Å². The summed E-state index contributed by atoms with van der Waals surface area (Å²) in [7, 11) is 3.21. The summed E-state index contributed by atoms with van der Waals surface area (Å²) in [5.41, 5.74) is 5.64. The monoisotopic (exact) mass is 689 g/mol. The molecule has 0 bridgehead atoms. The lowest BCUT2D eigenvalue weighted by atomic mass is 10.0. The average molecular weight is 691 g/mol. The molecule has 11 nitrogen and oxygen atoms in total. The molecule has 250 valence electrons. The first kappa shape index (κ1) is 33.6. The lowest BCUT2D eigenvalue weighted by Gasteiger charge is -2.16. The van der Waals surface area contributed by atoms with Gasteiger partial charge in [-0.05, 0) is 25.0 Å². The van der Waals surface area contributed by atoms with Gasteiger partial charge in [-0.3, -0.25) is 9.59 Å². The Bertz CT molecular complexity index is 1690. The molecule has 2 saturated heterocycles. The van der Waals surface area contributed by atoms with E-state index in [1.165, 1.54) is 6.33 Å². The number of rotatable bonds is 13. The third kappa shape index (κ3) is 7.55. The van der Waals surface area contributed by atoms with E-state index in [0.29, 0.717) is 88.9 Å². The van der Waals surface area contributed by atoms with Crippen LogP contribution in [0.3, 0.4) is 0 Å². The van der Waals surface area contributed by atoms with Crippen molar-refractivity contribution < 1.29 is 19.1 Å². The lowest BCUT2D eigenvalue weighted by molar-refractivity contribution is -0.120. The van der Waals surface area contributed by atoms with Crippen LogP contribution in [-0.2, 0) is 22.7 Å². The summed E-state index contributed by atoms with van der Waals surface area (Å²) in [6, 6.07) is 15.6. The van der Waals surface area contributed by atoms with E-state index in [1.54, 1.807) is 14.2 Å². The van der Waals surface area contributed by atoms with Crippen LogP contribution >= 0.6 is 23.2 Å². The zero-order chi connectivity index (χ0) is 33.6. The Hall–Kier alpha value is -4.29. The second kappa shape index (κ2) is 15.3. The number of ether oxygens (including phenoxy) is 2. The molecule has 13 heteroatoms. The van der Waals surface area contributed by atoms with E-state index in [1.807, 2.05) is 48.5 Å². The number of carbonyl (C=O) groups is 2. The molecular formula is C35H37Cl2N7O4. The number of methoxy groups -OCH3 is 2. The predicted molar refractivity (Wildman–Crippen MR) is 185 cm³/mol. The summed E-state index contributed by atoms with van der Waals surface area (Å²) in [6.45, 7) is 2.47. The van der Waals surface area contributed by atoms with E-state index in [4.69, 9.17) is 37.7 Å². The Kier molecular flexibility index (Phi) is 10.7. The number of nitrogens with zero attached hydrogens (tertiary/aromatic N) is 3. The third-order valence-corrected chi connectivity index (χ3v) is 9.36. The topological polar surface area (TPSA) is 139 Å². The molecule has 4 aromatic rings. The fourth-order valence-electron chi connectivity index (χ4n) is 6.06. The van der Waals surface area contributed by atoms with Crippen LogP contribution < -0.4 is 30.7 Å². The second-order valence-electron chi connectivity index (χ2n) is 11.8. The van der Waals surface area contributed by atoms with Crippen molar-refractivity contribution in [1.82, 2.24) is 36.2 Å². The van der Waals surface area contributed by atoms with Crippen LogP contribution in [0, 0.1) is 0 Å². The van der Waals surface area contributed by atoms with E-state index < -0.39 is 0 Å². The smallest absolute Gasteiger partial charge is 0.220 e. The highest BCUT2D eigenvalue weighted by Crippen LogP contribution is 2.41. The number of pyridine rings is 1. The molecule has 0 aliphatic carbocycles. The van der Waals surface area contributed by atoms with Gasteiger partial charge in [-0.2, -0.15) is 0 Å². The maximum Gasteiger partial charge on any atom is 0.220 e. The van der Waals surface area contributed by atoms with Crippen LogP contribution in [0.5, 0.6) is 11.6 Å². The molecule has 0 saturated carbocycles. The van der Waals surface area contributed by atoms with E-state index in [0.717, 1.165) is 29.5 Å². The number of halogens is 2. The van der Waals surface area contributed by atoms with Crippen molar-refractivity contribution in [3.63, 3.8) is 0 Å². The van der Waals surface area contributed by atoms with Crippen LogP contribution in [0.4, 0.5) is 0 Å². The number of hydrogen-bond acceptors (Lipinski definition) is 9. The largest absolute Gasteiger partial charge is 0.496 e. The van der Waals surface area contributed by atoms with Crippen molar-refractivity contribution in [2.24, 2.45) is 0 Å². The summed E-state index contributed by atoms with van der Waals surface area (Å²) in [5, 5.41) is 13.5. The summed E-state index contributed by atoms with van der Waals surface area (Å²) < 4.78 is 11.3. The van der Waals surface area contributed by atoms with Crippen molar-refractivity contribution in [3.05, 3.63) is 76.0 Å². The number of nitrogens with one attached hydrogen (secondary N) is 4. The fourth-order valence-corrected chi connectivity index (χ4v) is 6.68. The maximum absolute atomic E-state index is 11.5. The van der Waals surface area contributed by atoms with E-state index in [2.05, 4.69) is 31.2 Å². The van der Waals surface area contributed by atoms with Gasteiger partial charge >= 0.3 is 0 Å². The number of amides is 2. The Morgan fingerprint density at radius 1 is 0.792 bits per heavy atom. The van der Waals surface area contributed by atoms with Crippen LogP contribution in [0.25, 0.3) is 33.8 Å². The van der Waals surface area contributed by atoms with Gasteiger partial charge in [0.15, 0.2) is 0 Å². The minimum absolute atomic E-state index is 0.0934. The normalized spacial score (nSPS) is 17.3. The van der Waals surface area contributed by atoms with Gasteiger partial charge in [0.1, 0.15) is 12.1 Å². The molecule has 2 aliphatic heterocycles. The third-order valence-electron chi connectivity index (χ3n) is 8.59. The van der Waals surface area contributed by atoms with Gasteiger partial charge in [0, 0.05) is 78.9 Å². The molecule has 48 heavy (non-hydrogen) atoms. The Morgan fingerprint density at radius 3 is 2.08 bits per heavy atom. The van der Waals surface area contributed by atoms with Gasteiger partial charge in [0.2, 0.25) is 17.7 Å². The molecule has 2 amide bonds. The lowest BCUT2D eigenvalue weighted by Crippen LogP contribution is -2.35. The molecule has 2 fully saturated rings. The molecule has 4 N–H and O–H groups in total. The van der Waals surface area contributed by atoms with Gasteiger partial charge in [0.05, 0.1) is 41.3 Å². The van der Waals surface area contributed by atoms with Gasteiger partial charge in [-0.25, -0.2) is 15.0 Å². The second-order valence-corrected chi connectivity index (χ2v) is 12.6. The minimum Gasteiger partial charge on any atom is -0.496 e. The first-order valence-corrected chi connectivity index (χ1v) is 16.6. The Morgan fingerprint density at radius 2 is 1.44 bits per heavy atom. The number of benzene rings is 2. The molecule has 2 aromatic heterocycles. The molecule has 0 spiro atoms. The van der Waals surface area contributed by atoms with Crippen molar-refractivity contribution in [1.29, 1.82) is 0 Å². The molecular weight excluding hydrogens is 653 g/mol. The minimum atomic E-state index is 0.0934. The number of carbonyl (C=O) groups excluding carboxylic acids is 2. The molecule has 6 rings (SSSR count). The zero-order valence-corrected chi connectivity index (χ0v) is 28.3. The van der Waals surface area contributed by atoms with E-state index in [9.17, 15) is 9.59 Å². The summed E-state index contributed by atoms with van der Waals surface area (Å²) in [6.07, 6.45) is 4.27. The summed E-state index contributed by atoms with van der Waals surface area (Å²) in [5.74, 6) is 1.37. The predicted octanol–water partition coefficient (Wildman–Crippen LogP) is 4.93. The van der Waals surface area contributed by atoms with Gasteiger partial charge in [-0.1, -0.05) is 59.6 Å². The van der Waals surface area contributed by atoms with Gasteiger partial charge in [-0.15, -0.1) is 0 Å². The first-order chi connectivity index (χ1) is 23.3. The zero-order valence-electron chi connectivity index (χ0n) is 26.7. The van der Waals surface area contributed by atoms with Crippen molar-refractivity contribution >= 4 is 35.0 Å². The highest BCUT2D eigenvalue weighted by atomic mass is 35.5. The van der Waals surface area contributed by atoms with Crippen LogP contribution in [0.2, 0.25) is 10.0 Å². The highest BCUT2D eigenvalue weighted by molar-refractivity contribution is 6.38. The molecule has 0 radical (unpaired) electrons. The quantitative estimate of drug-likeness (QED) is 0.154. The SMILES string of the molecule is COc1cc(-c2ncnc(-c3cccc(-c4ccc(CNC[C@H]5CCC(=O)N5)c(OC)n4)c3Cl)c2Cl)ccc1CNC[C@H]1CCC(=O)N1. The molecule has 0 unspecified atom stereocenters. The van der Waals surface area contributed by atoms with Crippen LogP contribution in [-0.4, -0.2) is 66.2 Å². The van der Waals surface area contributed by atoms with Crippen molar-refractivity contribution in [3.8, 4) is 45.4 Å². The molecule has 2 aromatic carbocycles. The fraction of sp³-hybridized carbons (Fsp3) is 0.343. The van der Waals surface area contributed by atoms with Crippen molar-refractivity contribution in [2.75, 3.05) is 27.3 Å². The van der Waals surface area contributed by atoms with Crippen LogP contribution in [0.15, 0.2) is 54.9 Å². The maximum atomic E-state index is 11.5. The van der Waals surface area contributed by atoms with Gasteiger partial charge < -0.3 is 30.7 Å². The summed E-state index contributed by atoms with van der Waals surface area (Å²) >= 11 is 14.0. The Labute approximate surface area is 289 Å². The van der Waals surface area contributed by atoms with E-state index in [-0.39, 0.29) is 23.9 Å². The number of aromatic nitrogens is 3. The molecule has 4 heterocycles. The summed E-state index contributed by atoms with van der Waals surface area (Å²) in [4.78, 5) is 36.8. The highest BCUT2D eigenvalue weighted by Gasteiger charge is 2.23. The number of hydrogen-bond donors (Lipinski definition) is 4.